The Morgan fingerprint density at radius 2 is 2.11 bits per heavy atom. The number of halogens is 2. The summed E-state index contributed by atoms with van der Waals surface area (Å²) >= 11 is 6.81. The van der Waals surface area contributed by atoms with Crippen molar-refractivity contribution in [3.8, 4) is 5.75 Å². The van der Waals surface area contributed by atoms with Crippen molar-refractivity contribution in [2.45, 2.75) is 18.6 Å². The van der Waals surface area contributed by atoms with E-state index in [4.69, 9.17) is 14.2 Å². The molecule has 0 saturated heterocycles. The van der Waals surface area contributed by atoms with Gasteiger partial charge >= 0.3 is 0 Å². The Kier molecular flexibility index (Phi) is 5.38. The van der Waals surface area contributed by atoms with Gasteiger partial charge in [-0.3, -0.25) is 4.79 Å². The zero-order valence-electron chi connectivity index (χ0n) is 10.4. The van der Waals surface area contributed by atoms with Crippen LogP contribution in [0.5, 0.6) is 5.75 Å². The third-order valence-electron chi connectivity index (χ3n) is 2.81. The second-order valence-corrected chi connectivity index (χ2v) is 5.96. The second-order valence-electron chi connectivity index (χ2n) is 4.19. The molecule has 104 valence electrons. The maximum absolute atomic E-state index is 11.5. The van der Waals surface area contributed by atoms with E-state index >= 15 is 0 Å². The van der Waals surface area contributed by atoms with Gasteiger partial charge in [-0.05, 0) is 34.1 Å². The number of hydrogen-bond acceptors (Lipinski definition) is 4. The number of hydrogen-bond donors (Lipinski definition) is 0. The lowest BCUT2D eigenvalue weighted by Crippen LogP contribution is -2.52. The van der Waals surface area contributed by atoms with Crippen LogP contribution in [0.15, 0.2) is 27.1 Å². The molecule has 1 fully saturated rings. The van der Waals surface area contributed by atoms with Crippen LogP contribution in [0, 0.1) is 0 Å². The number of ether oxygens (including phenoxy) is 3. The highest BCUT2D eigenvalue weighted by molar-refractivity contribution is 9.11. The molecule has 2 rings (SSSR count). The van der Waals surface area contributed by atoms with E-state index in [2.05, 4.69) is 31.9 Å². The lowest BCUT2D eigenvalue weighted by atomic mass is 9.90. The lowest BCUT2D eigenvalue weighted by Gasteiger charge is -2.34. The Balaban J connectivity index is 1.93. The highest BCUT2D eigenvalue weighted by Crippen LogP contribution is 2.32. The number of methoxy groups -OCH3 is 1. The second kappa shape index (κ2) is 6.83. The van der Waals surface area contributed by atoms with Crippen molar-refractivity contribution in [1.82, 2.24) is 0 Å². The van der Waals surface area contributed by atoms with Gasteiger partial charge in [0.1, 0.15) is 11.9 Å². The van der Waals surface area contributed by atoms with Crippen molar-refractivity contribution in [3.05, 3.63) is 27.1 Å². The fourth-order valence-electron chi connectivity index (χ4n) is 1.76. The summed E-state index contributed by atoms with van der Waals surface area (Å²) in [5.41, 5.74) is 0. The Hall–Kier alpha value is -0.430. The van der Waals surface area contributed by atoms with Crippen LogP contribution in [0.1, 0.15) is 6.42 Å². The van der Waals surface area contributed by atoms with E-state index in [1.165, 1.54) is 0 Å². The minimum Gasteiger partial charge on any atom is -0.486 e. The smallest absolute Gasteiger partial charge is 0.169 e. The summed E-state index contributed by atoms with van der Waals surface area (Å²) in [5, 5.41) is 0. The number of ketones is 1. The molecule has 0 spiro atoms. The Labute approximate surface area is 128 Å². The first-order chi connectivity index (χ1) is 9.11. The van der Waals surface area contributed by atoms with Gasteiger partial charge in [0.2, 0.25) is 0 Å². The summed E-state index contributed by atoms with van der Waals surface area (Å²) in [6.07, 6.45) is -0.312. The highest BCUT2D eigenvalue weighted by Gasteiger charge is 2.42. The van der Waals surface area contributed by atoms with E-state index in [0.717, 1.165) is 8.95 Å². The van der Waals surface area contributed by atoms with Gasteiger partial charge in [-0.15, -0.1) is 0 Å². The number of carbonyl (C=O) groups is 1. The number of rotatable bonds is 6. The average molecular weight is 394 g/mol. The summed E-state index contributed by atoms with van der Waals surface area (Å²) in [4.78, 5) is 11.5. The van der Waals surface area contributed by atoms with Crippen LogP contribution < -0.4 is 4.74 Å². The molecule has 0 amide bonds. The van der Waals surface area contributed by atoms with Crippen LogP contribution in [-0.2, 0) is 14.3 Å². The van der Waals surface area contributed by atoms with Gasteiger partial charge in [0.15, 0.2) is 11.9 Å². The third-order valence-corrected chi connectivity index (χ3v) is 3.93. The summed E-state index contributed by atoms with van der Waals surface area (Å²) < 4.78 is 17.9. The van der Waals surface area contributed by atoms with E-state index in [9.17, 15) is 4.79 Å². The SMILES string of the molecule is COCCOC1C(=O)CC1Oc1ccc(Br)cc1Br. The molecule has 2 unspecified atom stereocenters. The molecule has 4 nitrogen and oxygen atoms in total. The van der Waals surface area contributed by atoms with E-state index in [1.807, 2.05) is 18.2 Å². The minimum absolute atomic E-state index is 0.0781. The predicted octanol–water partition coefficient (Wildman–Crippen LogP) is 2.96. The van der Waals surface area contributed by atoms with Gasteiger partial charge in [0.05, 0.1) is 17.7 Å². The zero-order valence-corrected chi connectivity index (χ0v) is 13.6. The summed E-state index contributed by atoms with van der Waals surface area (Å²) in [6.45, 7) is 0.868. The maximum atomic E-state index is 11.5. The largest absolute Gasteiger partial charge is 0.486 e. The molecule has 6 heteroatoms. The molecule has 0 N–H and O–H groups in total. The number of carbonyl (C=O) groups excluding carboxylic acids is 1. The molecule has 2 atom stereocenters. The quantitative estimate of drug-likeness (QED) is 0.697. The molecule has 1 saturated carbocycles. The maximum Gasteiger partial charge on any atom is 0.169 e. The standard InChI is InChI=1S/C13H14Br2O4/c1-17-4-5-18-13-10(16)7-12(13)19-11-3-2-8(14)6-9(11)15/h2-3,6,12-13H,4-5,7H2,1H3. The van der Waals surface area contributed by atoms with Crippen LogP contribution in [0.3, 0.4) is 0 Å². The normalized spacial score (nSPS) is 22.2. The van der Waals surface area contributed by atoms with Crippen LogP contribution in [0.4, 0.5) is 0 Å². The Morgan fingerprint density at radius 3 is 2.74 bits per heavy atom. The number of benzene rings is 1. The number of Topliss-reactive ketones (excluding diaryl/α,β-unsaturated/α-hetero) is 1. The van der Waals surface area contributed by atoms with Crippen LogP contribution in [-0.4, -0.2) is 38.3 Å². The average Bonchev–Trinajstić information content (AvgIpc) is 2.37. The molecule has 0 aliphatic heterocycles. The first-order valence-corrected chi connectivity index (χ1v) is 7.45. The molecular weight excluding hydrogens is 380 g/mol. The molecule has 0 heterocycles. The van der Waals surface area contributed by atoms with Gasteiger partial charge in [-0.2, -0.15) is 0 Å². The van der Waals surface area contributed by atoms with Gasteiger partial charge in [-0.25, -0.2) is 0 Å². The molecule has 1 aliphatic carbocycles. The molecule has 19 heavy (non-hydrogen) atoms. The molecule has 0 aromatic heterocycles. The molecule has 0 bridgehead atoms. The lowest BCUT2D eigenvalue weighted by molar-refractivity contribution is -0.156. The van der Waals surface area contributed by atoms with Gasteiger partial charge in [-0.1, -0.05) is 15.9 Å². The Morgan fingerprint density at radius 1 is 1.32 bits per heavy atom. The summed E-state index contributed by atoms with van der Waals surface area (Å²) in [5.74, 6) is 0.787. The summed E-state index contributed by atoms with van der Waals surface area (Å²) in [6, 6.07) is 5.64. The van der Waals surface area contributed by atoms with Gasteiger partial charge < -0.3 is 14.2 Å². The van der Waals surface area contributed by atoms with Crippen molar-refractivity contribution in [2.24, 2.45) is 0 Å². The molecule has 1 aromatic carbocycles. The predicted molar refractivity (Wildman–Crippen MR) is 77.5 cm³/mol. The van der Waals surface area contributed by atoms with Crippen molar-refractivity contribution < 1.29 is 19.0 Å². The van der Waals surface area contributed by atoms with Crippen molar-refractivity contribution in [3.63, 3.8) is 0 Å². The van der Waals surface area contributed by atoms with E-state index < -0.39 is 6.10 Å². The summed E-state index contributed by atoms with van der Waals surface area (Å²) in [7, 11) is 1.60. The molecular formula is C13H14Br2O4. The monoisotopic (exact) mass is 392 g/mol. The Bertz CT molecular complexity index is 464. The topological polar surface area (TPSA) is 44.8 Å². The van der Waals surface area contributed by atoms with Crippen molar-refractivity contribution in [2.75, 3.05) is 20.3 Å². The fraction of sp³-hybridized carbons (Fsp3) is 0.462. The van der Waals surface area contributed by atoms with Crippen LogP contribution in [0.25, 0.3) is 0 Å². The molecule has 1 aromatic rings. The first-order valence-electron chi connectivity index (χ1n) is 5.87. The highest BCUT2D eigenvalue weighted by atomic mass is 79.9. The molecule has 1 aliphatic rings. The van der Waals surface area contributed by atoms with E-state index in [1.54, 1.807) is 7.11 Å². The van der Waals surface area contributed by atoms with E-state index in [0.29, 0.717) is 25.4 Å². The minimum atomic E-state index is -0.481. The van der Waals surface area contributed by atoms with Gasteiger partial charge in [0, 0.05) is 18.0 Å². The zero-order chi connectivity index (χ0) is 13.8. The van der Waals surface area contributed by atoms with Crippen LogP contribution in [0.2, 0.25) is 0 Å². The van der Waals surface area contributed by atoms with E-state index in [-0.39, 0.29) is 11.9 Å². The van der Waals surface area contributed by atoms with Crippen molar-refractivity contribution >= 4 is 37.6 Å². The van der Waals surface area contributed by atoms with Gasteiger partial charge in [0.25, 0.3) is 0 Å². The molecule has 0 radical (unpaired) electrons. The van der Waals surface area contributed by atoms with Crippen LogP contribution >= 0.6 is 31.9 Å². The first kappa shape index (κ1) is 15.0. The fourth-order valence-corrected chi connectivity index (χ4v) is 2.90. The third kappa shape index (κ3) is 3.78. The van der Waals surface area contributed by atoms with Crippen molar-refractivity contribution in [1.29, 1.82) is 0 Å².